The summed E-state index contributed by atoms with van der Waals surface area (Å²) >= 11 is 5.82. The zero-order chi connectivity index (χ0) is 14.8. The van der Waals surface area contributed by atoms with Crippen LogP contribution in [0.4, 0.5) is 15.9 Å². The lowest BCUT2D eigenvalue weighted by molar-refractivity contribution is 0.628. The van der Waals surface area contributed by atoms with Crippen LogP contribution in [0.5, 0.6) is 0 Å². The van der Waals surface area contributed by atoms with E-state index in [2.05, 4.69) is 16.4 Å². The van der Waals surface area contributed by atoms with Gasteiger partial charge in [0.25, 0.3) is 0 Å². The average molecular weight is 298 g/mol. The van der Waals surface area contributed by atoms with Crippen molar-refractivity contribution in [1.82, 2.24) is 4.98 Å². The molecule has 0 aliphatic heterocycles. The van der Waals surface area contributed by atoms with Gasteiger partial charge >= 0.3 is 0 Å². The number of anilines is 2. The van der Waals surface area contributed by atoms with Crippen LogP contribution in [0.15, 0.2) is 48.5 Å². The first-order valence-corrected chi connectivity index (χ1v) is 6.56. The predicted molar refractivity (Wildman–Crippen MR) is 81.2 cm³/mol. The number of nitriles is 1. The monoisotopic (exact) mass is 297 g/mol. The zero-order valence-electron chi connectivity index (χ0n) is 10.8. The first kappa shape index (κ1) is 13.3. The fourth-order valence-corrected chi connectivity index (χ4v) is 2.28. The van der Waals surface area contributed by atoms with Crippen LogP contribution in [0.2, 0.25) is 5.02 Å². The highest BCUT2D eigenvalue weighted by Crippen LogP contribution is 2.25. The van der Waals surface area contributed by atoms with E-state index in [1.54, 1.807) is 12.1 Å². The van der Waals surface area contributed by atoms with Crippen LogP contribution in [0, 0.1) is 17.1 Å². The fourth-order valence-electron chi connectivity index (χ4n) is 2.06. The number of fused-ring (bicyclic) bond motifs is 1. The van der Waals surface area contributed by atoms with Crippen molar-refractivity contribution in [3.63, 3.8) is 0 Å². The number of aromatic nitrogens is 1. The molecule has 3 aromatic rings. The Morgan fingerprint density at radius 1 is 1.14 bits per heavy atom. The van der Waals surface area contributed by atoms with Crippen LogP contribution >= 0.6 is 11.6 Å². The number of rotatable bonds is 2. The number of halogens is 2. The van der Waals surface area contributed by atoms with Gasteiger partial charge in [0, 0.05) is 16.1 Å². The second kappa shape index (κ2) is 5.39. The molecule has 1 heterocycles. The lowest BCUT2D eigenvalue weighted by Crippen LogP contribution is -1.98. The Hall–Kier alpha value is -2.64. The molecule has 0 saturated carbocycles. The van der Waals surface area contributed by atoms with E-state index in [0.29, 0.717) is 17.1 Å². The highest BCUT2D eigenvalue weighted by atomic mass is 35.5. The molecule has 0 radical (unpaired) electrons. The first-order chi connectivity index (χ1) is 10.2. The SMILES string of the molecule is N#Cc1cc2ccccc2nc1Nc1cc(F)cc(Cl)c1. The van der Waals surface area contributed by atoms with Crippen molar-refractivity contribution in [2.24, 2.45) is 0 Å². The Balaban J connectivity index is 2.09. The van der Waals surface area contributed by atoms with Crippen molar-refractivity contribution in [3.8, 4) is 6.07 Å². The van der Waals surface area contributed by atoms with E-state index in [9.17, 15) is 9.65 Å². The van der Waals surface area contributed by atoms with Gasteiger partial charge in [-0.15, -0.1) is 0 Å². The lowest BCUT2D eigenvalue weighted by atomic mass is 10.1. The maximum Gasteiger partial charge on any atom is 0.149 e. The van der Waals surface area contributed by atoms with Crippen LogP contribution in [-0.4, -0.2) is 4.98 Å². The summed E-state index contributed by atoms with van der Waals surface area (Å²) in [6.07, 6.45) is 0. The second-order valence-electron chi connectivity index (χ2n) is 4.47. The van der Waals surface area contributed by atoms with Crippen LogP contribution in [-0.2, 0) is 0 Å². The Bertz CT molecular complexity index is 851. The van der Waals surface area contributed by atoms with E-state index in [1.165, 1.54) is 12.1 Å². The van der Waals surface area contributed by atoms with Gasteiger partial charge in [-0.2, -0.15) is 5.26 Å². The van der Waals surface area contributed by atoms with Gasteiger partial charge in [-0.1, -0.05) is 29.8 Å². The Morgan fingerprint density at radius 3 is 2.71 bits per heavy atom. The summed E-state index contributed by atoms with van der Waals surface area (Å²) in [5, 5.41) is 13.3. The third-order valence-corrected chi connectivity index (χ3v) is 3.19. The summed E-state index contributed by atoms with van der Waals surface area (Å²) in [7, 11) is 0. The van der Waals surface area contributed by atoms with Gasteiger partial charge in [0.05, 0.1) is 11.1 Å². The summed E-state index contributed by atoms with van der Waals surface area (Å²) in [4.78, 5) is 4.40. The molecule has 0 atom stereocenters. The number of nitrogens with one attached hydrogen (secondary N) is 1. The lowest BCUT2D eigenvalue weighted by Gasteiger charge is -2.09. The smallest absolute Gasteiger partial charge is 0.149 e. The quantitative estimate of drug-likeness (QED) is 0.749. The highest BCUT2D eigenvalue weighted by Gasteiger charge is 2.08. The number of pyridine rings is 1. The predicted octanol–water partition coefficient (Wildman–Crippen LogP) is 4.64. The fraction of sp³-hybridized carbons (Fsp3) is 0. The van der Waals surface area contributed by atoms with Gasteiger partial charge in [0.1, 0.15) is 17.7 Å². The molecule has 2 aromatic carbocycles. The van der Waals surface area contributed by atoms with Crippen LogP contribution in [0.3, 0.4) is 0 Å². The number of para-hydroxylation sites is 1. The maximum absolute atomic E-state index is 13.4. The normalized spacial score (nSPS) is 10.3. The minimum atomic E-state index is -0.454. The summed E-state index contributed by atoms with van der Waals surface area (Å²) in [5.41, 5.74) is 1.58. The van der Waals surface area contributed by atoms with E-state index >= 15 is 0 Å². The summed E-state index contributed by atoms with van der Waals surface area (Å²) in [6, 6.07) is 15.4. The second-order valence-corrected chi connectivity index (χ2v) is 4.91. The number of benzene rings is 2. The summed E-state index contributed by atoms with van der Waals surface area (Å²) in [5.74, 6) is -0.0813. The van der Waals surface area contributed by atoms with Gasteiger partial charge in [0.2, 0.25) is 0 Å². The molecule has 0 fully saturated rings. The molecule has 3 nitrogen and oxygen atoms in total. The van der Waals surface area contributed by atoms with Crippen molar-refractivity contribution in [2.45, 2.75) is 0 Å². The molecule has 0 saturated heterocycles. The Labute approximate surface area is 125 Å². The van der Waals surface area contributed by atoms with Crippen molar-refractivity contribution >= 4 is 34.0 Å². The minimum Gasteiger partial charge on any atom is -0.339 e. The third kappa shape index (κ3) is 2.78. The van der Waals surface area contributed by atoms with Gasteiger partial charge in [-0.05, 0) is 30.3 Å². The Morgan fingerprint density at radius 2 is 1.95 bits per heavy atom. The average Bonchev–Trinajstić information content (AvgIpc) is 2.45. The van der Waals surface area contributed by atoms with Crippen molar-refractivity contribution in [1.29, 1.82) is 5.26 Å². The minimum absolute atomic E-state index is 0.275. The molecule has 0 unspecified atom stereocenters. The number of hydrogen-bond acceptors (Lipinski definition) is 3. The molecule has 3 rings (SSSR count). The standard InChI is InChI=1S/C16H9ClFN3/c17-12-6-13(18)8-14(7-12)20-16-11(9-19)5-10-3-1-2-4-15(10)21-16/h1-8H,(H,20,21). The third-order valence-electron chi connectivity index (χ3n) is 2.97. The largest absolute Gasteiger partial charge is 0.339 e. The van der Waals surface area contributed by atoms with E-state index in [-0.39, 0.29) is 5.02 Å². The summed E-state index contributed by atoms with van der Waals surface area (Å²) < 4.78 is 13.4. The van der Waals surface area contributed by atoms with E-state index in [0.717, 1.165) is 10.9 Å². The van der Waals surface area contributed by atoms with Gasteiger partial charge < -0.3 is 5.32 Å². The Kier molecular flexibility index (Phi) is 3.43. The molecule has 0 bridgehead atoms. The van der Waals surface area contributed by atoms with Gasteiger partial charge in [0.15, 0.2) is 0 Å². The van der Waals surface area contributed by atoms with Crippen LogP contribution in [0.1, 0.15) is 5.56 Å². The molecular weight excluding hydrogens is 289 g/mol. The van der Waals surface area contributed by atoms with Gasteiger partial charge in [-0.25, -0.2) is 9.37 Å². The molecule has 5 heteroatoms. The molecular formula is C16H9ClFN3. The van der Waals surface area contributed by atoms with E-state index in [4.69, 9.17) is 11.6 Å². The van der Waals surface area contributed by atoms with E-state index in [1.807, 2.05) is 24.3 Å². The molecule has 0 spiro atoms. The molecule has 0 aliphatic carbocycles. The molecule has 1 N–H and O–H groups in total. The molecule has 0 aliphatic rings. The zero-order valence-corrected chi connectivity index (χ0v) is 11.5. The topological polar surface area (TPSA) is 48.7 Å². The van der Waals surface area contributed by atoms with Crippen molar-refractivity contribution < 1.29 is 4.39 Å². The number of nitrogens with zero attached hydrogens (tertiary/aromatic N) is 2. The van der Waals surface area contributed by atoms with Crippen molar-refractivity contribution in [2.75, 3.05) is 5.32 Å². The van der Waals surface area contributed by atoms with Crippen LogP contribution in [0.25, 0.3) is 10.9 Å². The van der Waals surface area contributed by atoms with Crippen LogP contribution < -0.4 is 5.32 Å². The first-order valence-electron chi connectivity index (χ1n) is 6.19. The maximum atomic E-state index is 13.4. The summed E-state index contributed by atoms with van der Waals surface area (Å²) in [6.45, 7) is 0. The molecule has 21 heavy (non-hydrogen) atoms. The molecule has 102 valence electrons. The van der Waals surface area contributed by atoms with Gasteiger partial charge in [-0.3, -0.25) is 0 Å². The van der Waals surface area contributed by atoms with E-state index < -0.39 is 5.82 Å². The number of hydrogen-bond donors (Lipinski definition) is 1. The molecule has 0 amide bonds. The highest BCUT2D eigenvalue weighted by molar-refractivity contribution is 6.30. The van der Waals surface area contributed by atoms with Crippen molar-refractivity contribution in [3.05, 3.63) is 64.9 Å². The molecule has 1 aromatic heterocycles.